The first-order valence-electron chi connectivity index (χ1n) is 4.66. The number of benzene rings is 1. The summed E-state index contributed by atoms with van der Waals surface area (Å²) in [4.78, 5) is 37.3. The minimum atomic E-state index is -1.67. The zero-order valence-corrected chi connectivity index (χ0v) is 8.43. The Kier molecular flexibility index (Phi) is 2.52. The lowest BCUT2D eigenvalue weighted by Crippen LogP contribution is -2.29. The van der Waals surface area contributed by atoms with E-state index in [1.807, 2.05) is 0 Å². The van der Waals surface area contributed by atoms with Gasteiger partial charge in [0.2, 0.25) is 0 Å². The van der Waals surface area contributed by atoms with Gasteiger partial charge in [0.25, 0.3) is 0 Å². The van der Waals surface area contributed by atoms with Gasteiger partial charge in [0, 0.05) is 0 Å². The van der Waals surface area contributed by atoms with Gasteiger partial charge in [0.1, 0.15) is 0 Å². The van der Waals surface area contributed by atoms with Crippen LogP contribution < -0.4 is 11.1 Å². The van der Waals surface area contributed by atoms with Crippen LogP contribution in [0.3, 0.4) is 0 Å². The first-order chi connectivity index (χ1) is 7.99. The minimum absolute atomic E-state index is 0.118. The predicted octanol–water partition coefficient (Wildman–Crippen LogP) is -0.666. The van der Waals surface area contributed by atoms with Crippen molar-refractivity contribution >= 4 is 17.0 Å². The van der Waals surface area contributed by atoms with Gasteiger partial charge < -0.3 is 20.2 Å². The molecule has 0 radical (unpaired) electrons. The predicted molar refractivity (Wildman–Crippen MR) is 57.8 cm³/mol. The SMILES string of the molecule is O=C(O)C(O)c1ccc2[nH]c(=O)c(=O)[nH]c2c1. The summed E-state index contributed by atoms with van der Waals surface area (Å²) < 4.78 is 0. The molecule has 0 aliphatic heterocycles. The smallest absolute Gasteiger partial charge is 0.337 e. The van der Waals surface area contributed by atoms with Gasteiger partial charge in [-0.05, 0) is 17.7 Å². The fourth-order valence-electron chi connectivity index (χ4n) is 1.45. The highest BCUT2D eigenvalue weighted by Crippen LogP contribution is 2.16. The number of hydrogen-bond donors (Lipinski definition) is 4. The van der Waals surface area contributed by atoms with E-state index in [9.17, 15) is 19.5 Å². The number of carboxylic acids is 1. The van der Waals surface area contributed by atoms with Crippen molar-refractivity contribution in [3.63, 3.8) is 0 Å². The molecule has 4 N–H and O–H groups in total. The Hall–Kier alpha value is -2.41. The van der Waals surface area contributed by atoms with E-state index in [0.29, 0.717) is 5.52 Å². The van der Waals surface area contributed by atoms with Crippen molar-refractivity contribution in [2.75, 3.05) is 0 Å². The zero-order chi connectivity index (χ0) is 12.6. The highest BCUT2D eigenvalue weighted by atomic mass is 16.4. The lowest BCUT2D eigenvalue weighted by molar-refractivity contribution is -0.146. The van der Waals surface area contributed by atoms with Crippen LogP contribution in [0, 0.1) is 0 Å². The van der Waals surface area contributed by atoms with Crippen LogP contribution >= 0.6 is 0 Å². The van der Waals surface area contributed by atoms with E-state index in [4.69, 9.17) is 5.11 Å². The minimum Gasteiger partial charge on any atom is -0.479 e. The second kappa shape index (κ2) is 3.87. The number of carboxylic acid groups (broad SMARTS) is 1. The molecular weight excluding hydrogens is 228 g/mol. The summed E-state index contributed by atoms with van der Waals surface area (Å²) in [6.45, 7) is 0. The summed E-state index contributed by atoms with van der Waals surface area (Å²) in [6.07, 6.45) is -1.67. The molecule has 1 aromatic carbocycles. The third-order valence-electron chi connectivity index (χ3n) is 2.30. The first-order valence-corrected chi connectivity index (χ1v) is 4.66. The van der Waals surface area contributed by atoms with Crippen molar-refractivity contribution in [3.05, 3.63) is 44.5 Å². The Morgan fingerprint density at radius 3 is 2.29 bits per heavy atom. The molecule has 2 aromatic rings. The number of aliphatic hydroxyl groups excluding tert-OH is 1. The van der Waals surface area contributed by atoms with Crippen LogP contribution in [0.25, 0.3) is 11.0 Å². The lowest BCUT2D eigenvalue weighted by atomic mass is 10.1. The number of nitrogens with one attached hydrogen (secondary N) is 2. The van der Waals surface area contributed by atoms with Gasteiger partial charge in [-0.15, -0.1) is 0 Å². The molecule has 1 aromatic heterocycles. The van der Waals surface area contributed by atoms with Crippen molar-refractivity contribution in [2.45, 2.75) is 6.10 Å². The van der Waals surface area contributed by atoms with Crippen LogP contribution in [0.2, 0.25) is 0 Å². The molecule has 7 heteroatoms. The van der Waals surface area contributed by atoms with Crippen LogP contribution in [0.4, 0.5) is 0 Å². The Bertz CT molecular complexity index is 700. The molecule has 0 aliphatic carbocycles. The van der Waals surface area contributed by atoms with E-state index in [1.54, 1.807) is 0 Å². The molecule has 0 fully saturated rings. The molecule has 7 nitrogen and oxygen atoms in total. The highest BCUT2D eigenvalue weighted by molar-refractivity contribution is 5.79. The van der Waals surface area contributed by atoms with Gasteiger partial charge in [-0.25, -0.2) is 4.79 Å². The van der Waals surface area contributed by atoms with Gasteiger partial charge in [-0.1, -0.05) is 6.07 Å². The maximum atomic E-state index is 11.1. The van der Waals surface area contributed by atoms with Crippen LogP contribution in [0.5, 0.6) is 0 Å². The number of aliphatic carboxylic acids is 1. The Balaban J connectivity index is 2.66. The van der Waals surface area contributed by atoms with Crippen molar-refractivity contribution < 1.29 is 15.0 Å². The van der Waals surface area contributed by atoms with E-state index in [-0.39, 0.29) is 11.1 Å². The van der Waals surface area contributed by atoms with Crippen LogP contribution in [-0.2, 0) is 4.79 Å². The number of aromatic nitrogens is 2. The third-order valence-corrected chi connectivity index (χ3v) is 2.30. The Morgan fingerprint density at radius 2 is 1.71 bits per heavy atom. The van der Waals surface area contributed by atoms with Crippen molar-refractivity contribution in [3.8, 4) is 0 Å². The molecule has 1 unspecified atom stereocenters. The molecule has 0 bridgehead atoms. The summed E-state index contributed by atoms with van der Waals surface area (Å²) in [5.41, 5.74) is -0.889. The molecule has 0 amide bonds. The number of hydrogen-bond acceptors (Lipinski definition) is 4. The average Bonchev–Trinajstić information content (AvgIpc) is 2.29. The first kappa shape index (κ1) is 11.1. The molecule has 17 heavy (non-hydrogen) atoms. The molecule has 1 atom stereocenters. The second-order valence-corrected chi connectivity index (χ2v) is 3.45. The zero-order valence-electron chi connectivity index (χ0n) is 8.43. The van der Waals surface area contributed by atoms with E-state index in [2.05, 4.69) is 9.97 Å². The number of carbonyl (C=O) groups is 1. The van der Waals surface area contributed by atoms with Crippen LogP contribution in [0.1, 0.15) is 11.7 Å². The Morgan fingerprint density at radius 1 is 1.12 bits per heavy atom. The van der Waals surface area contributed by atoms with Gasteiger partial charge >= 0.3 is 17.1 Å². The van der Waals surface area contributed by atoms with E-state index >= 15 is 0 Å². The summed E-state index contributed by atoms with van der Waals surface area (Å²) in [7, 11) is 0. The normalized spacial score (nSPS) is 12.5. The van der Waals surface area contributed by atoms with Gasteiger partial charge in [-0.3, -0.25) is 9.59 Å². The molecule has 0 spiro atoms. The fourth-order valence-corrected chi connectivity index (χ4v) is 1.45. The standard InChI is InChI=1S/C10H8N2O5/c13-7(10(16)17)4-1-2-5-6(3-4)12-9(15)8(14)11-5/h1-3,7,13H,(H,11,14)(H,12,15)(H,16,17). The molecule has 1 heterocycles. The van der Waals surface area contributed by atoms with Crippen LogP contribution in [-0.4, -0.2) is 26.2 Å². The summed E-state index contributed by atoms with van der Waals surface area (Å²) in [6, 6.07) is 4.06. The molecular formula is C10H8N2O5. The van der Waals surface area contributed by atoms with Crippen molar-refractivity contribution in [1.82, 2.24) is 9.97 Å². The third kappa shape index (κ3) is 1.95. The maximum Gasteiger partial charge on any atom is 0.337 e. The molecule has 2 rings (SSSR count). The molecule has 88 valence electrons. The van der Waals surface area contributed by atoms with E-state index < -0.39 is 23.2 Å². The number of fused-ring (bicyclic) bond motifs is 1. The maximum absolute atomic E-state index is 11.1. The molecule has 0 aliphatic rings. The largest absolute Gasteiger partial charge is 0.479 e. The number of aromatic amines is 2. The summed E-state index contributed by atoms with van der Waals surface area (Å²) in [5, 5.41) is 17.9. The second-order valence-electron chi connectivity index (χ2n) is 3.45. The van der Waals surface area contributed by atoms with Crippen molar-refractivity contribution in [2.24, 2.45) is 0 Å². The Labute approximate surface area is 93.4 Å². The lowest BCUT2D eigenvalue weighted by Gasteiger charge is -2.06. The highest BCUT2D eigenvalue weighted by Gasteiger charge is 2.16. The quantitative estimate of drug-likeness (QED) is 0.515. The fraction of sp³-hybridized carbons (Fsp3) is 0.100. The van der Waals surface area contributed by atoms with Crippen LogP contribution in [0.15, 0.2) is 27.8 Å². The summed E-state index contributed by atoms with van der Waals surface area (Å²) in [5.74, 6) is -1.39. The van der Waals surface area contributed by atoms with Crippen molar-refractivity contribution in [1.29, 1.82) is 0 Å². The number of H-pyrrole nitrogens is 2. The average molecular weight is 236 g/mol. The van der Waals surface area contributed by atoms with Gasteiger partial charge in [-0.2, -0.15) is 0 Å². The van der Waals surface area contributed by atoms with E-state index in [0.717, 1.165) is 0 Å². The topological polar surface area (TPSA) is 123 Å². The monoisotopic (exact) mass is 236 g/mol. The van der Waals surface area contributed by atoms with Gasteiger partial charge in [0.15, 0.2) is 6.10 Å². The summed E-state index contributed by atoms with van der Waals surface area (Å²) >= 11 is 0. The number of aliphatic hydroxyl groups is 1. The molecule has 0 saturated heterocycles. The van der Waals surface area contributed by atoms with E-state index in [1.165, 1.54) is 18.2 Å². The molecule has 0 saturated carbocycles. The van der Waals surface area contributed by atoms with Gasteiger partial charge in [0.05, 0.1) is 11.0 Å². The number of rotatable bonds is 2.